The molecule has 0 N–H and O–H groups in total. The molecule has 0 heterocycles. The van der Waals surface area contributed by atoms with Crippen LogP contribution < -0.4 is 0 Å². The number of rotatable bonds is 3. The lowest BCUT2D eigenvalue weighted by atomic mass is 9.46. The average Bonchev–Trinajstić information content (AvgIpc) is 2.60. The quantitative estimate of drug-likeness (QED) is 0.532. The second-order valence-electron chi connectivity index (χ2n) is 6.60. The zero-order valence-corrected chi connectivity index (χ0v) is 12.2. The minimum absolute atomic E-state index is 0.00656. The highest BCUT2D eigenvalue weighted by atomic mass is 28.4. The molecule has 90 valence electrons. The van der Waals surface area contributed by atoms with E-state index in [2.05, 4.69) is 58.3 Å². The van der Waals surface area contributed by atoms with Gasteiger partial charge in [0.25, 0.3) is 0 Å². The van der Waals surface area contributed by atoms with E-state index < -0.39 is 8.32 Å². The average molecular weight is 236 g/mol. The summed E-state index contributed by atoms with van der Waals surface area (Å²) in [5, 5.41) is 0. The Bertz CT molecular complexity index is 341. The molecule has 4 atom stereocenters. The second kappa shape index (κ2) is 3.33. The van der Waals surface area contributed by atoms with E-state index in [-0.39, 0.29) is 11.0 Å². The summed E-state index contributed by atoms with van der Waals surface area (Å²) in [5.41, 5.74) is 0.109. The summed E-state index contributed by atoms with van der Waals surface area (Å²) in [4.78, 5) is 0. The molecule has 0 aromatic rings. The lowest BCUT2D eigenvalue weighted by Gasteiger charge is -2.65. The summed E-state index contributed by atoms with van der Waals surface area (Å²) >= 11 is 0. The molecule has 16 heavy (non-hydrogen) atoms. The SMILES string of the molecule is C=C[C@@]1(C)[C@@H]2C=CC[C@@H]2[C@]1(C)O[Si](C)(C)C. The molecule has 0 radical (unpaired) electrons. The molecule has 0 bridgehead atoms. The van der Waals surface area contributed by atoms with Crippen LogP contribution in [-0.4, -0.2) is 13.9 Å². The van der Waals surface area contributed by atoms with Gasteiger partial charge in [-0.3, -0.25) is 0 Å². The van der Waals surface area contributed by atoms with E-state index in [1.807, 2.05) is 0 Å². The predicted octanol–water partition coefficient (Wildman–Crippen LogP) is 3.99. The summed E-state index contributed by atoms with van der Waals surface area (Å²) in [6.07, 6.45) is 7.97. The standard InChI is InChI=1S/C14H24OSi/c1-7-13(2)11-9-8-10-12(11)14(13,3)15-16(4,5)6/h7-9,11-12H,1,10H2,2-6H3/t11-,12+,13+,14+/m1/s1. The highest BCUT2D eigenvalue weighted by Gasteiger charge is 2.66. The van der Waals surface area contributed by atoms with Gasteiger partial charge in [0.2, 0.25) is 0 Å². The van der Waals surface area contributed by atoms with Crippen molar-refractivity contribution in [3.63, 3.8) is 0 Å². The molecule has 1 nitrogen and oxygen atoms in total. The van der Waals surface area contributed by atoms with Gasteiger partial charge in [0.05, 0.1) is 5.60 Å². The molecule has 0 aromatic carbocycles. The van der Waals surface area contributed by atoms with Crippen LogP contribution in [0.25, 0.3) is 0 Å². The summed E-state index contributed by atoms with van der Waals surface area (Å²) in [7, 11) is -1.50. The monoisotopic (exact) mass is 236 g/mol. The van der Waals surface area contributed by atoms with E-state index in [4.69, 9.17) is 4.43 Å². The van der Waals surface area contributed by atoms with Crippen LogP contribution in [0, 0.1) is 17.3 Å². The van der Waals surface area contributed by atoms with Gasteiger partial charge in [-0.25, -0.2) is 0 Å². The van der Waals surface area contributed by atoms with Gasteiger partial charge in [-0.1, -0.05) is 25.2 Å². The van der Waals surface area contributed by atoms with Crippen LogP contribution in [0.5, 0.6) is 0 Å². The van der Waals surface area contributed by atoms with Gasteiger partial charge in [-0.15, -0.1) is 6.58 Å². The Morgan fingerprint density at radius 2 is 2.00 bits per heavy atom. The third kappa shape index (κ3) is 1.39. The first-order valence-electron chi connectivity index (χ1n) is 6.25. The molecule has 0 aromatic heterocycles. The molecule has 1 fully saturated rings. The van der Waals surface area contributed by atoms with Crippen LogP contribution in [0.15, 0.2) is 24.8 Å². The van der Waals surface area contributed by atoms with Gasteiger partial charge in [0, 0.05) is 5.41 Å². The van der Waals surface area contributed by atoms with Crippen LogP contribution in [0.1, 0.15) is 20.3 Å². The van der Waals surface area contributed by atoms with E-state index >= 15 is 0 Å². The summed E-state index contributed by atoms with van der Waals surface area (Å²) in [6.45, 7) is 15.5. The molecule has 0 amide bonds. The highest BCUT2D eigenvalue weighted by molar-refractivity contribution is 6.69. The van der Waals surface area contributed by atoms with Crippen molar-refractivity contribution in [2.75, 3.05) is 0 Å². The van der Waals surface area contributed by atoms with Crippen molar-refractivity contribution in [3.05, 3.63) is 24.8 Å². The fourth-order valence-electron chi connectivity index (χ4n) is 3.63. The Hall–Kier alpha value is -0.343. The Morgan fingerprint density at radius 3 is 2.50 bits per heavy atom. The first-order valence-corrected chi connectivity index (χ1v) is 9.66. The molecule has 0 unspecified atom stereocenters. The molecule has 2 heteroatoms. The van der Waals surface area contributed by atoms with E-state index in [1.54, 1.807) is 0 Å². The van der Waals surface area contributed by atoms with Crippen molar-refractivity contribution < 1.29 is 4.43 Å². The van der Waals surface area contributed by atoms with E-state index in [9.17, 15) is 0 Å². The van der Waals surface area contributed by atoms with E-state index in [0.29, 0.717) is 11.8 Å². The third-order valence-electron chi connectivity index (χ3n) is 4.58. The smallest absolute Gasteiger partial charge is 0.184 e. The lowest BCUT2D eigenvalue weighted by Crippen LogP contribution is -2.68. The molecule has 0 saturated heterocycles. The number of allylic oxidation sites excluding steroid dienone is 2. The minimum atomic E-state index is -1.50. The van der Waals surface area contributed by atoms with Crippen molar-refractivity contribution in [2.24, 2.45) is 17.3 Å². The van der Waals surface area contributed by atoms with Crippen molar-refractivity contribution in [3.8, 4) is 0 Å². The Balaban J connectivity index is 2.30. The van der Waals surface area contributed by atoms with Gasteiger partial charge < -0.3 is 4.43 Å². The topological polar surface area (TPSA) is 9.23 Å². The number of hydrogen-bond donors (Lipinski definition) is 0. The molecular formula is C14H24OSi. The minimum Gasteiger partial charge on any atom is -0.411 e. The maximum absolute atomic E-state index is 6.51. The summed E-state index contributed by atoms with van der Waals surface area (Å²) in [5.74, 6) is 1.31. The highest BCUT2D eigenvalue weighted by Crippen LogP contribution is 2.65. The van der Waals surface area contributed by atoms with E-state index in [0.717, 1.165) is 0 Å². The van der Waals surface area contributed by atoms with Gasteiger partial charge >= 0.3 is 0 Å². The van der Waals surface area contributed by atoms with Crippen LogP contribution in [0.2, 0.25) is 19.6 Å². The molecule has 2 aliphatic rings. The first-order chi connectivity index (χ1) is 7.24. The maximum atomic E-state index is 6.51. The Labute approximate surface area is 101 Å². The van der Waals surface area contributed by atoms with Crippen molar-refractivity contribution in [1.82, 2.24) is 0 Å². The molecule has 2 aliphatic carbocycles. The number of hydrogen-bond acceptors (Lipinski definition) is 1. The summed E-state index contributed by atoms with van der Waals surface area (Å²) in [6, 6.07) is 0. The van der Waals surface area contributed by atoms with Crippen LogP contribution in [-0.2, 0) is 4.43 Å². The largest absolute Gasteiger partial charge is 0.411 e. The Morgan fingerprint density at radius 1 is 1.38 bits per heavy atom. The molecule has 0 aliphatic heterocycles. The summed E-state index contributed by atoms with van der Waals surface area (Å²) < 4.78 is 6.51. The van der Waals surface area contributed by atoms with Crippen LogP contribution >= 0.6 is 0 Å². The van der Waals surface area contributed by atoms with Gasteiger partial charge in [0.1, 0.15) is 0 Å². The number of fused-ring (bicyclic) bond motifs is 1. The zero-order chi connectivity index (χ0) is 12.2. The van der Waals surface area contributed by atoms with Gasteiger partial charge in [0.15, 0.2) is 8.32 Å². The van der Waals surface area contributed by atoms with Crippen molar-refractivity contribution in [1.29, 1.82) is 0 Å². The predicted molar refractivity (Wildman–Crippen MR) is 71.9 cm³/mol. The zero-order valence-electron chi connectivity index (χ0n) is 11.2. The molecule has 1 saturated carbocycles. The third-order valence-corrected chi connectivity index (χ3v) is 5.62. The van der Waals surface area contributed by atoms with Crippen molar-refractivity contribution in [2.45, 2.75) is 45.5 Å². The fourth-order valence-corrected chi connectivity index (χ4v) is 5.28. The first kappa shape index (κ1) is 12.1. The van der Waals surface area contributed by atoms with Crippen LogP contribution in [0.4, 0.5) is 0 Å². The van der Waals surface area contributed by atoms with Crippen molar-refractivity contribution >= 4 is 8.32 Å². The molecular weight excluding hydrogens is 212 g/mol. The van der Waals surface area contributed by atoms with Crippen LogP contribution in [0.3, 0.4) is 0 Å². The normalized spacial score (nSPS) is 46.3. The fraction of sp³-hybridized carbons (Fsp3) is 0.714. The van der Waals surface area contributed by atoms with Gasteiger partial charge in [-0.05, 0) is 44.8 Å². The maximum Gasteiger partial charge on any atom is 0.184 e. The second-order valence-corrected chi connectivity index (χ2v) is 11.0. The van der Waals surface area contributed by atoms with E-state index in [1.165, 1.54) is 6.42 Å². The van der Waals surface area contributed by atoms with Gasteiger partial charge in [-0.2, -0.15) is 0 Å². The Kier molecular flexibility index (Phi) is 2.52. The molecule has 0 spiro atoms. The lowest BCUT2D eigenvalue weighted by molar-refractivity contribution is -0.186. The molecule has 2 rings (SSSR count).